The smallest absolute Gasteiger partial charge is 0.507 e. The minimum absolute atomic E-state index is 0.138. The van der Waals surface area contributed by atoms with Crippen molar-refractivity contribution in [3.05, 3.63) is 65.7 Å². The number of aromatic hydroxyl groups is 1. The lowest BCUT2D eigenvalue weighted by Crippen LogP contribution is -1.98. The minimum Gasteiger partial charge on any atom is -0.507 e. The molecule has 19 heavy (non-hydrogen) atoms. The van der Waals surface area contributed by atoms with Gasteiger partial charge in [-0.15, -0.1) is 4.52 Å². The van der Waals surface area contributed by atoms with Crippen molar-refractivity contribution in [2.24, 2.45) is 0 Å². The molecule has 0 spiro atoms. The number of hydrogen-bond acceptors (Lipinski definition) is 3. The summed E-state index contributed by atoms with van der Waals surface area (Å²) in [5.41, 5.74) is 1.05. The number of phenols is 1. The molecule has 0 amide bonds. The quantitative estimate of drug-likeness (QED) is 0.829. The van der Waals surface area contributed by atoms with Crippen molar-refractivity contribution in [1.29, 1.82) is 0 Å². The van der Waals surface area contributed by atoms with Crippen molar-refractivity contribution in [1.82, 2.24) is 0 Å². The van der Waals surface area contributed by atoms with Crippen LogP contribution in [0.1, 0.15) is 23.7 Å². The summed E-state index contributed by atoms with van der Waals surface area (Å²) in [6, 6.07) is 16.4. The summed E-state index contributed by atoms with van der Waals surface area (Å²) in [4.78, 5) is 0. The van der Waals surface area contributed by atoms with Gasteiger partial charge < -0.3 is 5.11 Å². The average Bonchev–Trinajstić information content (AvgIpc) is 2.43. The molecule has 0 radical (unpaired) electrons. The fraction of sp³-hybridized carbons (Fsp3) is 0.200. The predicted molar refractivity (Wildman–Crippen MR) is 75.6 cm³/mol. The Balaban J connectivity index is 2.46. The van der Waals surface area contributed by atoms with E-state index in [-0.39, 0.29) is 5.75 Å². The topological polar surface area (TPSA) is 46.5 Å². The molecule has 98 valence electrons. The number of hydrogen-bond donors (Lipinski definition) is 1. The molecular formula is C15H16O3P+. The van der Waals surface area contributed by atoms with Gasteiger partial charge in [-0.1, -0.05) is 48.5 Å². The second-order valence-electron chi connectivity index (χ2n) is 4.08. The molecule has 2 atom stereocenters. The summed E-state index contributed by atoms with van der Waals surface area (Å²) in [7, 11) is -1.92. The van der Waals surface area contributed by atoms with E-state index in [1.807, 2.05) is 36.4 Å². The van der Waals surface area contributed by atoms with E-state index in [2.05, 4.69) is 0 Å². The van der Waals surface area contributed by atoms with Crippen LogP contribution in [-0.4, -0.2) is 11.7 Å². The van der Waals surface area contributed by atoms with E-state index in [0.717, 1.165) is 5.56 Å². The van der Waals surface area contributed by atoms with E-state index < -0.39 is 13.7 Å². The summed E-state index contributed by atoms with van der Waals surface area (Å²) in [5.74, 6) is 0.138. The number of phenolic OH excluding ortho intramolecular Hbond substituents is 1. The third kappa shape index (κ3) is 3.19. The molecule has 2 aromatic carbocycles. The summed E-state index contributed by atoms with van der Waals surface area (Å²) >= 11 is 0. The molecule has 0 heterocycles. The molecule has 2 aromatic rings. The highest BCUT2D eigenvalue weighted by molar-refractivity contribution is 7.40. The van der Waals surface area contributed by atoms with E-state index >= 15 is 0 Å². The highest BCUT2D eigenvalue weighted by Gasteiger charge is 2.37. The van der Waals surface area contributed by atoms with E-state index in [9.17, 15) is 9.67 Å². The maximum atomic E-state index is 12.3. The molecule has 1 N–H and O–H groups in total. The Labute approximate surface area is 113 Å². The molecule has 0 bridgehead atoms. The largest absolute Gasteiger partial charge is 0.521 e. The number of benzene rings is 2. The molecule has 0 fully saturated rings. The zero-order valence-corrected chi connectivity index (χ0v) is 11.6. The molecule has 0 aliphatic rings. The summed E-state index contributed by atoms with van der Waals surface area (Å²) < 4.78 is 17.6. The van der Waals surface area contributed by atoms with Crippen molar-refractivity contribution in [3.8, 4) is 5.75 Å². The lowest BCUT2D eigenvalue weighted by molar-refractivity contribution is 0.345. The number of para-hydroxylation sites is 1. The van der Waals surface area contributed by atoms with Crippen LogP contribution in [0.4, 0.5) is 0 Å². The minimum atomic E-state index is -1.92. The van der Waals surface area contributed by atoms with E-state index in [4.69, 9.17) is 4.52 Å². The van der Waals surface area contributed by atoms with Crippen molar-refractivity contribution in [3.63, 3.8) is 0 Å². The fourth-order valence-electron chi connectivity index (χ4n) is 1.97. The Morgan fingerprint density at radius 2 is 1.74 bits per heavy atom. The molecule has 0 saturated carbocycles. The molecule has 2 rings (SSSR count). The average molecular weight is 275 g/mol. The van der Waals surface area contributed by atoms with Gasteiger partial charge in [0.1, 0.15) is 5.75 Å². The molecule has 1 unspecified atom stereocenters. The summed E-state index contributed by atoms with van der Waals surface area (Å²) in [6.07, 6.45) is 0. The normalized spacial score (nSPS) is 13.0. The predicted octanol–water partition coefficient (Wildman–Crippen LogP) is 4.26. The molecule has 4 heteroatoms. The maximum absolute atomic E-state index is 12.3. The van der Waals surface area contributed by atoms with Crippen LogP contribution in [0.15, 0.2) is 54.6 Å². The highest BCUT2D eigenvalue weighted by Crippen LogP contribution is 2.48. The van der Waals surface area contributed by atoms with Crippen LogP contribution in [0.2, 0.25) is 0 Å². The molecule has 0 aliphatic heterocycles. The highest BCUT2D eigenvalue weighted by atomic mass is 31.1. The third-order valence-electron chi connectivity index (χ3n) is 2.81. The van der Waals surface area contributed by atoms with Crippen LogP contribution < -0.4 is 0 Å². The second-order valence-corrected chi connectivity index (χ2v) is 5.42. The van der Waals surface area contributed by atoms with Gasteiger partial charge in [-0.05, 0) is 17.6 Å². The Morgan fingerprint density at radius 3 is 2.37 bits per heavy atom. The van der Waals surface area contributed by atoms with Gasteiger partial charge in [0.25, 0.3) is 0 Å². The van der Waals surface area contributed by atoms with Gasteiger partial charge in [0.15, 0.2) is 0 Å². The first-order valence-corrected chi connectivity index (χ1v) is 7.40. The molecule has 0 aromatic heterocycles. The van der Waals surface area contributed by atoms with Gasteiger partial charge in [-0.2, -0.15) is 0 Å². The van der Waals surface area contributed by atoms with Crippen LogP contribution in [0.25, 0.3) is 0 Å². The van der Waals surface area contributed by atoms with Crippen LogP contribution in [0, 0.1) is 0 Å². The van der Waals surface area contributed by atoms with Crippen molar-refractivity contribution in [2.45, 2.75) is 12.6 Å². The van der Waals surface area contributed by atoms with Gasteiger partial charge in [-0.3, -0.25) is 0 Å². The molecule has 0 saturated heterocycles. The van der Waals surface area contributed by atoms with Crippen LogP contribution >= 0.6 is 8.03 Å². The van der Waals surface area contributed by atoms with E-state index in [1.54, 1.807) is 25.1 Å². The second kappa shape index (κ2) is 6.46. The summed E-state index contributed by atoms with van der Waals surface area (Å²) in [5, 5.41) is 9.98. The van der Waals surface area contributed by atoms with Crippen LogP contribution in [0.3, 0.4) is 0 Å². The van der Waals surface area contributed by atoms with Gasteiger partial charge in [0.05, 0.1) is 12.2 Å². The Bertz CT molecular complexity index is 554. The Morgan fingerprint density at radius 1 is 1.11 bits per heavy atom. The monoisotopic (exact) mass is 275 g/mol. The van der Waals surface area contributed by atoms with Crippen molar-refractivity contribution >= 4 is 8.03 Å². The first kappa shape index (κ1) is 13.7. The van der Waals surface area contributed by atoms with E-state index in [1.165, 1.54) is 0 Å². The van der Waals surface area contributed by atoms with Crippen LogP contribution in [-0.2, 0) is 9.09 Å². The first-order chi connectivity index (χ1) is 9.24. The van der Waals surface area contributed by atoms with Gasteiger partial charge >= 0.3 is 8.03 Å². The zero-order valence-electron chi connectivity index (χ0n) is 10.7. The van der Waals surface area contributed by atoms with Crippen LogP contribution in [0.5, 0.6) is 5.75 Å². The number of rotatable bonds is 5. The summed E-state index contributed by atoms with van der Waals surface area (Å²) in [6.45, 7) is 2.19. The molecule has 3 nitrogen and oxygen atoms in total. The molecular weight excluding hydrogens is 259 g/mol. The lowest BCUT2D eigenvalue weighted by atomic mass is 10.0. The lowest BCUT2D eigenvalue weighted by Gasteiger charge is -2.09. The SMILES string of the molecule is CCO[P+](=O)[C@@H](c1ccccc1)c1ccccc1O. The third-order valence-corrected chi connectivity index (χ3v) is 4.32. The first-order valence-electron chi connectivity index (χ1n) is 6.16. The Kier molecular flexibility index (Phi) is 4.67. The van der Waals surface area contributed by atoms with Crippen molar-refractivity contribution in [2.75, 3.05) is 6.61 Å². The van der Waals surface area contributed by atoms with E-state index in [0.29, 0.717) is 12.2 Å². The maximum Gasteiger partial charge on any atom is 0.521 e. The van der Waals surface area contributed by atoms with Crippen molar-refractivity contribution < 1.29 is 14.2 Å². The Hall–Kier alpha value is -1.70. The van der Waals surface area contributed by atoms with Gasteiger partial charge in [-0.25, -0.2) is 0 Å². The van der Waals surface area contributed by atoms with Gasteiger partial charge in [0, 0.05) is 5.56 Å². The molecule has 0 aliphatic carbocycles. The fourth-order valence-corrected chi connectivity index (χ4v) is 3.24. The zero-order chi connectivity index (χ0) is 13.7. The van der Waals surface area contributed by atoms with Gasteiger partial charge in [0.2, 0.25) is 5.66 Å². The standard InChI is InChI=1S/C15H15O3P/c1-2-18-19(17)15(12-8-4-3-5-9-12)13-10-6-7-11-14(13)16/h3-11,15H,2H2,1H3/p+1/t15-/m0/s1.